The van der Waals surface area contributed by atoms with Gasteiger partial charge in [0, 0.05) is 11.1 Å². The van der Waals surface area contributed by atoms with Gasteiger partial charge in [0.1, 0.15) is 11.4 Å². The smallest absolute Gasteiger partial charge is 0.113 e. The van der Waals surface area contributed by atoms with Gasteiger partial charge < -0.3 is 0 Å². The van der Waals surface area contributed by atoms with Crippen molar-refractivity contribution in [1.82, 2.24) is 30.0 Å². The third kappa shape index (κ3) is 4.34. The monoisotopic (exact) mass is 500 g/mol. The summed E-state index contributed by atoms with van der Waals surface area (Å²) in [4.78, 5) is 0. The number of rotatable bonds is 4. The molecule has 0 aliphatic heterocycles. The van der Waals surface area contributed by atoms with E-state index in [4.69, 9.17) is 0 Å². The number of hydrogen-bond acceptors (Lipinski definition) is 4. The van der Waals surface area contributed by atoms with E-state index in [0.29, 0.717) is 0 Å². The van der Waals surface area contributed by atoms with Crippen molar-refractivity contribution in [2.45, 2.75) is 63.5 Å². The minimum Gasteiger partial charge on any atom is -0.244 e. The van der Waals surface area contributed by atoms with Gasteiger partial charge in [0.15, 0.2) is 0 Å². The summed E-state index contributed by atoms with van der Waals surface area (Å²) >= 11 is 0. The van der Waals surface area contributed by atoms with E-state index < -0.39 is 0 Å². The van der Waals surface area contributed by atoms with Gasteiger partial charge in [-0.15, -0.1) is 10.2 Å². The Morgan fingerprint density at radius 2 is 1.05 bits per heavy atom. The van der Waals surface area contributed by atoms with E-state index in [-0.39, 0.29) is 12.1 Å². The van der Waals surface area contributed by atoms with E-state index in [9.17, 15) is 0 Å². The molecule has 0 fully saturated rings. The summed E-state index contributed by atoms with van der Waals surface area (Å²) in [5.74, 6) is 0. The van der Waals surface area contributed by atoms with Crippen LogP contribution in [0.25, 0.3) is 22.5 Å². The zero-order valence-electron chi connectivity index (χ0n) is 21.6. The molecule has 2 heterocycles. The quantitative estimate of drug-likeness (QED) is 0.254. The molecule has 0 N–H and O–H groups in total. The van der Waals surface area contributed by atoms with E-state index in [0.717, 1.165) is 48.2 Å². The Balaban J connectivity index is 1.17. The van der Waals surface area contributed by atoms with Crippen LogP contribution in [0, 0.1) is 0 Å². The predicted octanol–water partition coefficient (Wildman–Crippen LogP) is 6.84. The Labute approximate surface area is 223 Å². The van der Waals surface area contributed by atoms with Crippen LogP contribution in [-0.2, 0) is 12.8 Å². The van der Waals surface area contributed by atoms with Gasteiger partial charge in [0.25, 0.3) is 0 Å². The summed E-state index contributed by atoms with van der Waals surface area (Å²) in [5.41, 5.74) is 9.51. The van der Waals surface area contributed by atoms with Crippen LogP contribution in [0.15, 0.2) is 85.2 Å². The van der Waals surface area contributed by atoms with Crippen molar-refractivity contribution in [3.63, 3.8) is 0 Å². The molecule has 0 bridgehead atoms. The van der Waals surface area contributed by atoms with E-state index >= 15 is 0 Å². The maximum absolute atomic E-state index is 4.59. The van der Waals surface area contributed by atoms with Crippen LogP contribution in [0.2, 0.25) is 0 Å². The summed E-state index contributed by atoms with van der Waals surface area (Å²) < 4.78 is 4.12. The lowest BCUT2D eigenvalue weighted by Gasteiger charge is -2.17. The molecule has 190 valence electrons. The minimum atomic E-state index is 0.237. The summed E-state index contributed by atoms with van der Waals surface area (Å²) in [6, 6.07) is 26.5. The molecule has 0 radical (unpaired) electrons. The van der Waals surface area contributed by atoms with Crippen LogP contribution in [0.4, 0.5) is 0 Å². The molecule has 38 heavy (non-hydrogen) atoms. The van der Waals surface area contributed by atoms with Crippen LogP contribution < -0.4 is 0 Å². The van der Waals surface area contributed by atoms with Crippen molar-refractivity contribution in [2.24, 2.45) is 0 Å². The van der Waals surface area contributed by atoms with Crippen molar-refractivity contribution in [2.75, 3.05) is 0 Å². The molecule has 6 heteroatoms. The largest absolute Gasteiger partial charge is 0.244 e. The highest BCUT2D eigenvalue weighted by Crippen LogP contribution is 2.34. The molecule has 2 aromatic heterocycles. The van der Waals surface area contributed by atoms with Crippen LogP contribution >= 0.6 is 0 Å². The number of aryl methyl sites for hydroxylation is 2. The standard InChI is InChI=1S/C32H32N6/c1-5-16-27-23(10-1)12-3-7-18-31(27)37-21-29(33-35-37)25-14-9-15-26(20-25)30-22-38(36-34-30)32-19-8-4-13-24-11-2-6-17-28(24)32/h1-2,5-6,9-11,14-17,20-22,31-32H,3-4,7-8,12-13,18-19H2. The second-order valence-electron chi connectivity index (χ2n) is 10.7. The molecule has 0 saturated carbocycles. The summed E-state index contributed by atoms with van der Waals surface area (Å²) in [5, 5.41) is 18.4. The maximum atomic E-state index is 4.59. The third-order valence-electron chi connectivity index (χ3n) is 8.29. The fourth-order valence-corrected chi connectivity index (χ4v) is 6.30. The van der Waals surface area contributed by atoms with Crippen molar-refractivity contribution in [1.29, 1.82) is 0 Å². The molecule has 2 aliphatic rings. The van der Waals surface area contributed by atoms with E-state index in [1.807, 2.05) is 0 Å². The number of hydrogen-bond donors (Lipinski definition) is 0. The van der Waals surface area contributed by atoms with Gasteiger partial charge in [-0.2, -0.15) is 0 Å². The molecule has 2 atom stereocenters. The molecule has 5 aromatic rings. The predicted molar refractivity (Wildman–Crippen MR) is 149 cm³/mol. The zero-order valence-corrected chi connectivity index (χ0v) is 21.6. The molecule has 0 amide bonds. The highest BCUT2D eigenvalue weighted by Gasteiger charge is 2.23. The van der Waals surface area contributed by atoms with Crippen molar-refractivity contribution < 1.29 is 0 Å². The number of benzene rings is 3. The van der Waals surface area contributed by atoms with Gasteiger partial charge in [-0.25, -0.2) is 9.36 Å². The van der Waals surface area contributed by atoms with E-state index in [2.05, 4.69) is 115 Å². The Hall–Kier alpha value is -4.06. The Bertz CT molecular complexity index is 1450. The van der Waals surface area contributed by atoms with Gasteiger partial charge in [-0.05, 0) is 66.8 Å². The summed E-state index contributed by atoms with van der Waals surface area (Å²) in [6.45, 7) is 0. The Morgan fingerprint density at radius 1 is 0.553 bits per heavy atom. The Morgan fingerprint density at radius 3 is 1.58 bits per heavy atom. The zero-order chi connectivity index (χ0) is 25.3. The average Bonchev–Trinajstić information content (AvgIpc) is 3.54. The van der Waals surface area contributed by atoms with Crippen molar-refractivity contribution in [3.8, 4) is 22.5 Å². The van der Waals surface area contributed by atoms with Crippen molar-refractivity contribution >= 4 is 0 Å². The van der Waals surface area contributed by atoms with E-state index in [1.165, 1.54) is 47.9 Å². The van der Waals surface area contributed by atoms with E-state index in [1.54, 1.807) is 0 Å². The fraction of sp³-hybridized carbons (Fsp3) is 0.312. The summed E-state index contributed by atoms with van der Waals surface area (Å²) in [6.07, 6.45) is 13.5. The van der Waals surface area contributed by atoms with Gasteiger partial charge in [-0.3, -0.25) is 0 Å². The molecular formula is C32H32N6. The average molecular weight is 501 g/mol. The third-order valence-corrected chi connectivity index (χ3v) is 8.29. The number of fused-ring (bicyclic) bond motifs is 2. The second-order valence-corrected chi connectivity index (χ2v) is 10.7. The molecule has 0 saturated heterocycles. The molecule has 2 aliphatic carbocycles. The molecule has 0 spiro atoms. The lowest BCUT2D eigenvalue weighted by Crippen LogP contribution is -2.12. The minimum absolute atomic E-state index is 0.237. The first kappa shape index (κ1) is 23.1. The highest BCUT2D eigenvalue weighted by molar-refractivity contribution is 5.68. The van der Waals surface area contributed by atoms with Gasteiger partial charge >= 0.3 is 0 Å². The molecule has 6 nitrogen and oxygen atoms in total. The van der Waals surface area contributed by atoms with Crippen LogP contribution in [0.3, 0.4) is 0 Å². The SMILES string of the molecule is c1cc(-c2cn(C3CCCCc4ccccc43)nn2)cc(-c2cn(C3CCCCc4ccccc43)nn2)c1. The van der Waals surface area contributed by atoms with Crippen LogP contribution in [-0.4, -0.2) is 30.0 Å². The molecule has 3 aromatic carbocycles. The first-order valence-electron chi connectivity index (χ1n) is 13.9. The van der Waals surface area contributed by atoms with Crippen molar-refractivity contribution in [3.05, 3.63) is 107 Å². The first-order chi connectivity index (χ1) is 18.8. The number of nitrogens with zero attached hydrogens (tertiary/aromatic N) is 6. The lowest BCUT2D eigenvalue weighted by atomic mass is 9.99. The molecule has 7 rings (SSSR count). The fourth-order valence-electron chi connectivity index (χ4n) is 6.30. The van der Waals surface area contributed by atoms with Crippen LogP contribution in [0.5, 0.6) is 0 Å². The number of aromatic nitrogens is 6. The Kier molecular flexibility index (Phi) is 6.08. The molecular weight excluding hydrogens is 468 g/mol. The normalized spacial score (nSPS) is 19.3. The molecule has 2 unspecified atom stereocenters. The maximum Gasteiger partial charge on any atom is 0.113 e. The lowest BCUT2D eigenvalue weighted by molar-refractivity contribution is 0.468. The topological polar surface area (TPSA) is 61.4 Å². The van der Waals surface area contributed by atoms with Gasteiger partial charge in [-0.1, -0.05) is 90.0 Å². The summed E-state index contributed by atoms with van der Waals surface area (Å²) in [7, 11) is 0. The first-order valence-corrected chi connectivity index (χ1v) is 13.9. The highest BCUT2D eigenvalue weighted by atomic mass is 15.4. The van der Waals surface area contributed by atoms with Gasteiger partial charge in [0.2, 0.25) is 0 Å². The van der Waals surface area contributed by atoms with Crippen LogP contribution in [0.1, 0.15) is 72.9 Å². The van der Waals surface area contributed by atoms with Gasteiger partial charge in [0.05, 0.1) is 24.5 Å². The second kappa shape index (κ2) is 10.0.